The number of carbonyl (C=O) groups excluding carboxylic acids is 2. The number of carboxylic acid groups (broad SMARTS) is 2. The second-order valence-electron chi connectivity index (χ2n) is 7.11. The van der Waals surface area contributed by atoms with Gasteiger partial charge < -0.3 is 20.3 Å². The lowest BCUT2D eigenvalue weighted by Crippen LogP contribution is -2.78. The van der Waals surface area contributed by atoms with Crippen LogP contribution in [-0.4, -0.2) is 67.9 Å². The zero-order chi connectivity index (χ0) is 20.9. The number of fused-ring (bicyclic) bond motifs is 1. The zero-order valence-electron chi connectivity index (χ0n) is 15.4. The largest absolute Gasteiger partial charge is 0.480 e. The van der Waals surface area contributed by atoms with Crippen molar-refractivity contribution in [1.82, 2.24) is 10.2 Å². The van der Waals surface area contributed by atoms with Gasteiger partial charge in [-0.2, -0.15) is 0 Å². The van der Waals surface area contributed by atoms with E-state index in [9.17, 15) is 29.4 Å². The number of rotatable bonds is 6. The third-order valence-corrected chi connectivity index (χ3v) is 6.61. The zero-order valence-corrected chi connectivity index (χ0v) is 16.2. The molecule has 4 atom stereocenters. The minimum Gasteiger partial charge on any atom is -0.480 e. The van der Waals surface area contributed by atoms with Crippen molar-refractivity contribution in [3.05, 3.63) is 35.9 Å². The fourth-order valence-corrected chi connectivity index (χ4v) is 5.50. The summed E-state index contributed by atoms with van der Waals surface area (Å²) in [5.74, 6) is -5.54. The first-order valence-electron chi connectivity index (χ1n) is 8.46. The van der Waals surface area contributed by atoms with E-state index in [0.29, 0.717) is 0 Å². The molecular formula is C18H20N2O7S. The van der Waals surface area contributed by atoms with Gasteiger partial charge in [0, 0.05) is 11.9 Å². The molecule has 2 saturated heterocycles. The lowest BCUT2D eigenvalue weighted by Gasteiger charge is -2.52. The van der Waals surface area contributed by atoms with Gasteiger partial charge in [-0.25, -0.2) is 4.79 Å². The highest BCUT2D eigenvalue weighted by Gasteiger charge is 2.74. The van der Waals surface area contributed by atoms with E-state index in [-0.39, 0.29) is 5.56 Å². The number of benzene rings is 1. The van der Waals surface area contributed by atoms with Gasteiger partial charge in [-0.1, -0.05) is 42.1 Å². The van der Waals surface area contributed by atoms with Crippen LogP contribution in [0.4, 0.5) is 0 Å². The number of hydrogen-bond donors (Lipinski definition) is 3. The van der Waals surface area contributed by atoms with Crippen molar-refractivity contribution in [3.8, 4) is 0 Å². The van der Waals surface area contributed by atoms with Gasteiger partial charge in [-0.05, 0) is 19.4 Å². The van der Waals surface area contributed by atoms with Crippen LogP contribution in [0, 0.1) is 0 Å². The maximum Gasteiger partial charge on any atom is 0.328 e. The highest BCUT2D eigenvalue weighted by Crippen LogP contribution is 2.58. The van der Waals surface area contributed by atoms with E-state index in [0.717, 1.165) is 16.7 Å². The van der Waals surface area contributed by atoms with Crippen LogP contribution < -0.4 is 5.32 Å². The second kappa shape index (κ2) is 6.78. The Bertz CT molecular complexity index is 844. The predicted molar refractivity (Wildman–Crippen MR) is 98.4 cm³/mol. The molecule has 2 unspecified atom stereocenters. The van der Waals surface area contributed by atoms with E-state index in [1.54, 1.807) is 32.0 Å². The Morgan fingerprint density at radius 2 is 1.82 bits per heavy atom. The number of carbonyl (C=O) groups is 4. The molecule has 2 heterocycles. The molecule has 2 aliphatic rings. The summed E-state index contributed by atoms with van der Waals surface area (Å²) in [6, 6.07) is 5.60. The molecule has 10 heteroatoms. The molecule has 2 amide bonds. The standard InChI is InChI=1S/C18H20N2O7S/c1-17(2)12(16(25)26)20-14(22)11(18(20,27-3)28-17)19-13(21)10(15(23)24)9-7-5-4-6-8-9/h4-8,10-12H,1-3H3,(H,19,21)(H,23,24)(H,25,26)/t10?,11-,12+,18?/m1/s1. The number of ether oxygens (including phenoxy) is 1. The topological polar surface area (TPSA) is 133 Å². The Hall–Kier alpha value is -2.59. The number of hydrogen-bond acceptors (Lipinski definition) is 6. The van der Waals surface area contributed by atoms with Crippen molar-refractivity contribution < 1.29 is 34.1 Å². The summed E-state index contributed by atoms with van der Waals surface area (Å²) in [6.07, 6.45) is 0. The van der Waals surface area contributed by atoms with Gasteiger partial charge in [0.25, 0.3) is 5.91 Å². The summed E-state index contributed by atoms with van der Waals surface area (Å²) in [5.41, 5.74) is 0.269. The molecule has 0 aromatic heterocycles. The van der Waals surface area contributed by atoms with Gasteiger partial charge in [0.05, 0.1) is 0 Å². The fourth-order valence-electron chi connectivity index (χ4n) is 3.78. The number of methoxy groups -OCH3 is 1. The fraction of sp³-hybridized carbons (Fsp3) is 0.444. The predicted octanol–water partition coefficient (Wildman–Crippen LogP) is 0.461. The van der Waals surface area contributed by atoms with E-state index in [4.69, 9.17) is 4.74 Å². The summed E-state index contributed by atoms with van der Waals surface area (Å²) in [6.45, 7) is 3.34. The second-order valence-corrected chi connectivity index (χ2v) is 8.95. The third-order valence-electron chi connectivity index (χ3n) is 4.97. The third kappa shape index (κ3) is 2.83. The number of amides is 2. The van der Waals surface area contributed by atoms with E-state index in [1.165, 1.54) is 19.2 Å². The van der Waals surface area contributed by atoms with Gasteiger partial charge in [-0.15, -0.1) is 0 Å². The SMILES string of the molecule is COC12SC(C)(C)[C@H](C(=O)O)N1C(=O)[C@H]2NC(=O)C(C(=O)O)c1ccccc1. The highest BCUT2D eigenvalue weighted by molar-refractivity contribution is 8.02. The molecule has 150 valence electrons. The van der Waals surface area contributed by atoms with Crippen LogP contribution >= 0.6 is 11.8 Å². The molecule has 3 N–H and O–H groups in total. The molecule has 1 aromatic rings. The normalized spacial score (nSPS) is 28.8. The Labute approximate surface area is 165 Å². The van der Waals surface area contributed by atoms with Crippen molar-refractivity contribution in [3.63, 3.8) is 0 Å². The van der Waals surface area contributed by atoms with E-state index in [1.807, 2.05) is 0 Å². The lowest BCUT2D eigenvalue weighted by atomic mass is 9.93. The van der Waals surface area contributed by atoms with Crippen LogP contribution in [0.3, 0.4) is 0 Å². The molecule has 0 aliphatic carbocycles. The number of nitrogens with one attached hydrogen (secondary N) is 1. The average Bonchev–Trinajstić information content (AvgIpc) is 2.85. The van der Waals surface area contributed by atoms with Crippen LogP contribution in [0.5, 0.6) is 0 Å². The quantitative estimate of drug-likeness (QED) is 0.457. The van der Waals surface area contributed by atoms with E-state index >= 15 is 0 Å². The molecule has 28 heavy (non-hydrogen) atoms. The lowest BCUT2D eigenvalue weighted by molar-refractivity contribution is -0.199. The number of carboxylic acids is 2. The molecule has 0 bridgehead atoms. The monoisotopic (exact) mass is 408 g/mol. The Kier molecular flexibility index (Phi) is 4.88. The van der Waals surface area contributed by atoms with E-state index < -0.39 is 51.6 Å². The van der Waals surface area contributed by atoms with Crippen LogP contribution in [0.1, 0.15) is 25.3 Å². The number of thioether (sulfide) groups is 1. The summed E-state index contributed by atoms with van der Waals surface area (Å²) in [4.78, 5) is 49.9. The first kappa shape index (κ1) is 20.2. The Balaban J connectivity index is 1.89. The van der Waals surface area contributed by atoms with Crippen LogP contribution in [-0.2, 0) is 23.9 Å². The molecule has 2 fully saturated rings. The summed E-state index contributed by atoms with van der Waals surface area (Å²) in [5, 5.41) is 20.1. The number of aliphatic carboxylic acids is 2. The summed E-state index contributed by atoms with van der Waals surface area (Å²) in [7, 11) is 1.32. The molecule has 3 rings (SSSR count). The minimum atomic E-state index is -1.51. The van der Waals surface area contributed by atoms with Crippen molar-refractivity contribution in [2.45, 2.75) is 41.7 Å². The van der Waals surface area contributed by atoms with Gasteiger partial charge in [0.15, 0.2) is 12.0 Å². The van der Waals surface area contributed by atoms with Gasteiger partial charge >= 0.3 is 11.9 Å². The maximum atomic E-state index is 12.7. The molecule has 9 nitrogen and oxygen atoms in total. The summed E-state index contributed by atoms with van der Waals surface area (Å²) < 4.78 is 4.61. The maximum absolute atomic E-state index is 12.7. The first-order valence-corrected chi connectivity index (χ1v) is 9.28. The van der Waals surface area contributed by atoms with Crippen LogP contribution in [0.15, 0.2) is 30.3 Å². The van der Waals surface area contributed by atoms with Gasteiger partial charge in [0.2, 0.25) is 11.0 Å². The molecule has 2 aliphatic heterocycles. The summed E-state index contributed by atoms with van der Waals surface area (Å²) >= 11 is 1.11. The van der Waals surface area contributed by atoms with E-state index in [2.05, 4.69) is 5.32 Å². The molecule has 0 radical (unpaired) electrons. The van der Waals surface area contributed by atoms with Gasteiger partial charge in [-0.3, -0.25) is 19.3 Å². The Morgan fingerprint density at radius 1 is 1.21 bits per heavy atom. The number of β-lactam (4-membered cyclic amide) rings is 1. The van der Waals surface area contributed by atoms with Crippen LogP contribution in [0.2, 0.25) is 0 Å². The molecule has 0 saturated carbocycles. The van der Waals surface area contributed by atoms with Crippen molar-refractivity contribution in [2.24, 2.45) is 0 Å². The minimum absolute atomic E-state index is 0.269. The molecule has 0 spiro atoms. The smallest absolute Gasteiger partial charge is 0.328 e. The molecular weight excluding hydrogens is 388 g/mol. The first-order chi connectivity index (χ1) is 13.1. The van der Waals surface area contributed by atoms with Crippen molar-refractivity contribution in [2.75, 3.05) is 7.11 Å². The average molecular weight is 408 g/mol. The highest BCUT2D eigenvalue weighted by atomic mass is 32.2. The van der Waals surface area contributed by atoms with Gasteiger partial charge in [0.1, 0.15) is 6.04 Å². The van der Waals surface area contributed by atoms with Crippen molar-refractivity contribution >= 4 is 35.5 Å². The number of nitrogens with zero attached hydrogens (tertiary/aromatic N) is 1. The van der Waals surface area contributed by atoms with Crippen molar-refractivity contribution in [1.29, 1.82) is 0 Å². The molecule has 1 aromatic carbocycles. The Morgan fingerprint density at radius 3 is 2.32 bits per heavy atom. The van der Waals surface area contributed by atoms with Crippen LogP contribution in [0.25, 0.3) is 0 Å².